The lowest BCUT2D eigenvalue weighted by atomic mass is 10.3. The summed E-state index contributed by atoms with van der Waals surface area (Å²) < 4.78 is 10.2. The number of hydrogen-bond donors (Lipinski definition) is 2. The van der Waals surface area contributed by atoms with Gasteiger partial charge in [0.2, 0.25) is 5.91 Å². The van der Waals surface area contributed by atoms with Crippen molar-refractivity contribution in [2.45, 2.75) is 33.1 Å². The molecule has 0 radical (unpaired) electrons. The number of nitrogens with one attached hydrogen (secondary N) is 2. The minimum atomic E-state index is -0.399. The molecule has 0 saturated carbocycles. The molecule has 0 saturated heterocycles. The zero-order valence-corrected chi connectivity index (χ0v) is 14.2. The largest absolute Gasteiger partial charge is 0.494 e. The number of carbonyl (C=O) groups excluding carboxylic acids is 2. The second-order valence-corrected chi connectivity index (χ2v) is 5.09. The molecule has 0 aliphatic heterocycles. The van der Waals surface area contributed by atoms with E-state index in [-0.39, 0.29) is 23.9 Å². The minimum absolute atomic E-state index is 0.0322. The summed E-state index contributed by atoms with van der Waals surface area (Å²) in [5.74, 6) is 0.0458. The zero-order chi connectivity index (χ0) is 17.1. The van der Waals surface area contributed by atoms with Gasteiger partial charge < -0.3 is 20.1 Å². The monoisotopic (exact) mass is 338 g/mol. The second-order valence-electron chi connectivity index (χ2n) is 4.68. The number of rotatable bonds is 8. The predicted molar refractivity (Wildman–Crippen MR) is 92.5 cm³/mol. The fourth-order valence-electron chi connectivity index (χ4n) is 1.65. The molecule has 23 heavy (non-hydrogen) atoms. The molecule has 0 aliphatic rings. The van der Waals surface area contributed by atoms with Crippen LogP contribution < -0.4 is 15.4 Å². The summed E-state index contributed by atoms with van der Waals surface area (Å²) in [5, 5.41) is 5.60. The third-order valence-corrected chi connectivity index (χ3v) is 2.90. The summed E-state index contributed by atoms with van der Waals surface area (Å²) in [5.41, 5.74) is 0.740. The summed E-state index contributed by atoms with van der Waals surface area (Å²) in [4.78, 5) is 22.8. The highest BCUT2D eigenvalue weighted by atomic mass is 32.1. The molecular weight excluding hydrogens is 316 g/mol. The van der Waals surface area contributed by atoms with Crippen molar-refractivity contribution in [1.82, 2.24) is 5.32 Å². The highest BCUT2D eigenvalue weighted by Gasteiger charge is 2.09. The van der Waals surface area contributed by atoms with E-state index in [0.717, 1.165) is 17.9 Å². The molecule has 2 N–H and O–H groups in total. The molecule has 0 aliphatic carbocycles. The first-order valence-electron chi connectivity index (χ1n) is 7.54. The van der Waals surface area contributed by atoms with E-state index in [1.54, 1.807) is 6.92 Å². The lowest BCUT2D eigenvalue weighted by Crippen LogP contribution is -2.34. The highest BCUT2D eigenvalue weighted by molar-refractivity contribution is 7.80. The standard InChI is InChI=1S/C16H22N2O4S/c1-3-11-22-13-7-5-12(6-8-13)17-16(23)18-14(19)9-10-15(20)21-4-2/h5-8H,3-4,9-11H2,1-2H3,(H2,17,18,19,23). The van der Waals surface area contributed by atoms with Gasteiger partial charge in [-0.05, 0) is 49.8 Å². The molecule has 0 fully saturated rings. The normalized spacial score (nSPS) is 9.83. The van der Waals surface area contributed by atoms with Crippen LogP contribution in [-0.4, -0.2) is 30.2 Å². The molecule has 1 rings (SSSR count). The third kappa shape index (κ3) is 8.15. The van der Waals surface area contributed by atoms with Gasteiger partial charge in [0.25, 0.3) is 0 Å². The Balaban J connectivity index is 2.35. The maximum absolute atomic E-state index is 11.7. The van der Waals surface area contributed by atoms with E-state index in [0.29, 0.717) is 13.2 Å². The molecule has 1 amide bonds. The minimum Gasteiger partial charge on any atom is -0.494 e. The van der Waals surface area contributed by atoms with Crippen molar-refractivity contribution >= 4 is 34.9 Å². The quantitative estimate of drug-likeness (QED) is 0.560. The molecule has 1 aromatic rings. The van der Waals surface area contributed by atoms with Crippen LogP contribution in [-0.2, 0) is 14.3 Å². The van der Waals surface area contributed by atoms with Crippen molar-refractivity contribution in [2.24, 2.45) is 0 Å². The Hall–Kier alpha value is -2.15. The molecule has 7 heteroatoms. The first kappa shape index (κ1) is 18.9. The van der Waals surface area contributed by atoms with Crippen LogP contribution in [0.1, 0.15) is 33.1 Å². The molecule has 1 aromatic carbocycles. The number of esters is 1. The van der Waals surface area contributed by atoms with Crippen LogP contribution in [0.3, 0.4) is 0 Å². The molecule has 126 valence electrons. The van der Waals surface area contributed by atoms with E-state index in [9.17, 15) is 9.59 Å². The summed E-state index contributed by atoms with van der Waals surface area (Å²) in [7, 11) is 0. The SMILES string of the molecule is CCCOc1ccc(NC(=S)NC(=O)CCC(=O)OCC)cc1. The van der Waals surface area contributed by atoms with Crippen LogP contribution in [0, 0.1) is 0 Å². The molecule has 0 aromatic heterocycles. The topological polar surface area (TPSA) is 76.7 Å². The van der Waals surface area contributed by atoms with Crippen LogP contribution in [0.4, 0.5) is 5.69 Å². The second kappa shape index (κ2) is 10.6. The Morgan fingerprint density at radius 1 is 1.13 bits per heavy atom. The van der Waals surface area contributed by atoms with Crippen LogP contribution in [0.2, 0.25) is 0 Å². The number of ether oxygens (including phenoxy) is 2. The Morgan fingerprint density at radius 3 is 2.43 bits per heavy atom. The van der Waals surface area contributed by atoms with Crippen LogP contribution in [0.5, 0.6) is 5.75 Å². The van der Waals surface area contributed by atoms with Gasteiger partial charge >= 0.3 is 5.97 Å². The first-order chi connectivity index (χ1) is 11.0. The number of hydrogen-bond acceptors (Lipinski definition) is 5. The fourth-order valence-corrected chi connectivity index (χ4v) is 1.89. The Bertz CT molecular complexity index is 531. The molecular formula is C16H22N2O4S. The van der Waals surface area contributed by atoms with Crippen LogP contribution >= 0.6 is 12.2 Å². The molecule has 0 heterocycles. The van der Waals surface area contributed by atoms with Gasteiger partial charge in [0.1, 0.15) is 5.75 Å². The number of anilines is 1. The molecule has 0 unspecified atom stereocenters. The van der Waals surface area contributed by atoms with E-state index in [2.05, 4.69) is 10.6 Å². The number of amides is 1. The maximum Gasteiger partial charge on any atom is 0.306 e. The van der Waals surface area contributed by atoms with E-state index >= 15 is 0 Å². The molecule has 0 atom stereocenters. The van der Waals surface area contributed by atoms with Crippen LogP contribution in [0.25, 0.3) is 0 Å². The Morgan fingerprint density at radius 2 is 1.83 bits per heavy atom. The molecule has 0 bridgehead atoms. The van der Waals surface area contributed by atoms with Crippen molar-refractivity contribution in [3.05, 3.63) is 24.3 Å². The van der Waals surface area contributed by atoms with Crippen molar-refractivity contribution in [1.29, 1.82) is 0 Å². The lowest BCUT2D eigenvalue weighted by Gasteiger charge is -2.10. The number of carbonyl (C=O) groups is 2. The highest BCUT2D eigenvalue weighted by Crippen LogP contribution is 2.15. The van der Waals surface area contributed by atoms with E-state index in [1.807, 2.05) is 31.2 Å². The Labute approximate surface area is 141 Å². The van der Waals surface area contributed by atoms with Gasteiger partial charge in [0.05, 0.1) is 19.6 Å². The smallest absolute Gasteiger partial charge is 0.306 e. The van der Waals surface area contributed by atoms with E-state index in [4.69, 9.17) is 21.7 Å². The van der Waals surface area contributed by atoms with Crippen molar-refractivity contribution < 1.29 is 19.1 Å². The summed E-state index contributed by atoms with van der Waals surface area (Å²) in [6.07, 6.45) is 1.01. The number of thiocarbonyl (C=S) groups is 1. The van der Waals surface area contributed by atoms with Crippen LogP contribution in [0.15, 0.2) is 24.3 Å². The van der Waals surface area contributed by atoms with Crippen molar-refractivity contribution in [2.75, 3.05) is 18.5 Å². The van der Waals surface area contributed by atoms with Gasteiger partial charge in [-0.3, -0.25) is 9.59 Å². The zero-order valence-electron chi connectivity index (χ0n) is 13.4. The molecule has 6 nitrogen and oxygen atoms in total. The average Bonchev–Trinajstić information content (AvgIpc) is 2.52. The lowest BCUT2D eigenvalue weighted by molar-refractivity contribution is -0.144. The summed E-state index contributed by atoms with van der Waals surface area (Å²) in [6, 6.07) is 7.26. The summed E-state index contributed by atoms with van der Waals surface area (Å²) in [6.45, 7) is 4.73. The number of benzene rings is 1. The van der Waals surface area contributed by atoms with Gasteiger partial charge in [-0.15, -0.1) is 0 Å². The van der Waals surface area contributed by atoms with Gasteiger partial charge in [-0.1, -0.05) is 6.92 Å². The van der Waals surface area contributed by atoms with E-state index < -0.39 is 5.97 Å². The maximum atomic E-state index is 11.7. The third-order valence-electron chi connectivity index (χ3n) is 2.70. The van der Waals surface area contributed by atoms with E-state index in [1.165, 1.54) is 0 Å². The summed E-state index contributed by atoms with van der Waals surface area (Å²) >= 11 is 5.06. The average molecular weight is 338 g/mol. The van der Waals surface area contributed by atoms with Gasteiger partial charge in [0, 0.05) is 12.1 Å². The first-order valence-corrected chi connectivity index (χ1v) is 7.95. The van der Waals surface area contributed by atoms with Crippen molar-refractivity contribution in [3.8, 4) is 5.75 Å². The van der Waals surface area contributed by atoms with Gasteiger partial charge in [-0.25, -0.2) is 0 Å². The molecule has 0 spiro atoms. The predicted octanol–water partition coefficient (Wildman–Crippen LogP) is 2.63. The van der Waals surface area contributed by atoms with Crippen molar-refractivity contribution in [3.63, 3.8) is 0 Å². The van der Waals surface area contributed by atoms with Gasteiger partial charge in [0.15, 0.2) is 5.11 Å². The fraction of sp³-hybridized carbons (Fsp3) is 0.438. The van der Waals surface area contributed by atoms with Gasteiger partial charge in [-0.2, -0.15) is 0 Å². The Kier molecular flexibility index (Phi) is 8.67.